The highest BCUT2D eigenvalue weighted by molar-refractivity contribution is 7.80. The fraction of sp³-hybridized carbons (Fsp3) is 0.200. The molecule has 0 aliphatic rings. The molecule has 0 aromatic heterocycles. The first-order valence-electron chi connectivity index (χ1n) is 9.01. The maximum atomic E-state index is 11.9. The molecule has 0 fully saturated rings. The largest absolute Gasteiger partial charge is 0.325 e. The van der Waals surface area contributed by atoms with E-state index in [1.807, 2.05) is 30.3 Å². The lowest BCUT2D eigenvalue weighted by molar-refractivity contribution is -0.124. The maximum Gasteiger partial charge on any atom is 0.238 e. The van der Waals surface area contributed by atoms with E-state index in [0.29, 0.717) is 22.2 Å². The highest BCUT2D eigenvalue weighted by Gasteiger charge is 2.10. The predicted molar refractivity (Wildman–Crippen MR) is 121 cm³/mol. The predicted octanol–water partition coefficient (Wildman–Crippen LogP) is 3.37. The first-order valence-corrected chi connectivity index (χ1v) is 10.2. The Labute approximate surface area is 189 Å². The van der Waals surface area contributed by atoms with E-state index in [9.17, 15) is 14.4 Å². The van der Waals surface area contributed by atoms with Gasteiger partial charge in [-0.25, -0.2) is 0 Å². The summed E-state index contributed by atoms with van der Waals surface area (Å²) in [6.45, 7) is 0. The van der Waals surface area contributed by atoms with Crippen LogP contribution < -0.4 is 21.5 Å². The van der Waals surface area contributed by atoms with Gasteiger partial charge in [-0.15, -0.1) is 0 Å². The van der Waals surface area contributed by atoms with Crippen molar-refractivity contribution in [1.82, 2.24) is 16.2 Å². The molecule has 0 unspecified atom stereocenters. The lowest BCUT2D eigenvalue weighted by atomic mass is 10.1. The molecule has 0 heterocycles. The number of carbonyl (C=O) groups excluding carboxylic acids is 3. The van der Waals surface area contributed by atoms with Gasteiger partial charge in [0.1, 0.15) is 0 Å². The van der Waals surface area contributed by atoms with Crippen LogP contribution in [-0.4, -0.2) is 22.8 Å². The molecule has 2 aromatic carbocycles. The van der Waals surface area contributed by atoms with Gasteiger partial charge in [0.05, 0.1) is 10.7 Å². The van der Waals surface area contributed by atoms with Crippen molar-refractivity contribution in [3.63, 3.8) is 0 Å². The van der Waals surface area contributed by atoms with Crippen LogP contribution in [0, 0.1) is 0 Å². The summed E-state index contributed by atoms with van der Waals surface area (Å²) in [5.74, 6) is -1.12. The van der Waals surface area contributed by atoms with E-state index < -0.39 is 5.91 Å². The maximum absolute atomic E-state index is 11.9. The fourth-order valence-electron chi connectivity index (χ4n) is 2.34. The summed E-state index contributed by atoms with van der Waals surface area (Å²) in [5, 5.41) is 5.80. The third-order valence-electron chi connectivity index (χ3n) is 3.84. The molecule has 2 rings (SSSR count). The monoisotopic (exact) mass is 466 g/mol. The first-order chi connectivity index (χ1) is 14.3. The third-order valence-corrected chi connectivity index (χ3v) is 4.59. The topological polar surface area (TPSA) is 99.3 Å². The summed E-state index contributed by atoms with van der Waals surface area (Å²) in [6.07, 6.45) is 0.679. The van der Waals surface area contributed by atoms with E-state index >= 15 is 0 Å². The fourth-order valence-corrected chi connectivity index (χ4v) is 2.96. The van der Waals surface area contributed by atoms with Gasteiger partial charge in [0, 0.05) is 24.3 Å². The van der Waals surface area contributed by atoms with E-state index in [2.05, 4.69) is 21.5 Å². The molecule has 0 aliphatic heterocycles. The van der Waals surface area contributed by atoms with Crippen LogP contribution in [0.25, 0.3) is 0 Å². The van der Waals surface area contributed by atoms with Crippen LogP contribution in [0.1, 0.15) is 24.8 Å². The van der Waals surface area contributed by atoms with Crippen molar-refractivity contribution in [3.8, 4) is 0 Å². The van der Waals surface area contributed by atoms with Gasteiger partial charge in [-0.1, -0.05) is 53.5 Å². The van der Waals surface area contributed by atoms with Crippen LogP contribution in [-0.2, 0) is 20.8 Å². The minimum atomic E-state index is -0.465. The molecule has 30 heavy (non-hydrogen) atoms. The van der Waals surface area contributed by atoms with Crippen molar-refractivity contribution in [2.24, 2.45) is 0 Å². The van der Waals surface area contributed by atoms with Crippen molar-refractivity contribution in [2.75, 3.05) is 5.32 Å². The van der Waals surface area contributed by atoms with E-state index in [0.717, 1.165) is 5.56 Å². The smallest absolute Gasteiger partial charge is 0.238 e. The molecular weight excluding hydrogens is 447 g/mol. The molecule has 0 saturated heterocycles. The second-order valence-corrected chi connectivity index (χ2v) is 7.46. The number of carbonyl (C=O) groups is 3. The second kappa shape index (κ2) is 12.1. The number of aryl methyl sites for hydroxylation is 1. The average molecular weight is 467 g/mol. The zero-order valence-corrected chi connectivity index (χ0v) is 18.2. The van der Waals surface area contributed by atoms with E-state index in [1.165, 1.54) is 6.07 Å². The number of hydrogen-bond donors (Lipinski definition) is 4. The van der Waals surface area contributed by atoms with Crippen molar-refractivity contribution < 1.29 is 14.4 Å². The number of anilines is 1. The Morgan fingerprint density at radius 3 is 2.23 bits per heavy atom. The summed E-state index contributed by atoms with van der Waals surface area (Å²) >= 11 is 16.7. The summed E-state index contributed by atoms with van der Waals surface area (Å²) < 4.78 is 0. The second-order valence-electron chi connectivity index (χ2n) is 6.21. The molecule has 0 radical (unpaired) electrons. The third kappa shape index (κ3) is 8.77. The van der Waals surface area contributed by atoms with Crippen LogP contribution in [0.2, 0.25) is 10.0 Å². The van der Waals surface area contributed by atoms with Gasteiger partial charge in [-0.05, 0) is 42.4 Å². The Morgan fingerprint density at radius 2 is 1.53 bits per heavy atom. The van der Waals surface area contributed by atoms with Gasteiger partial charge in [-0.2, -0.15) is 0 Å². The number of nitrogens with one attached hydrogen (secondary N) is 4. The number of thiocarbonyl (C=S) groups is 1. The minimum absolute atomic E-state index is 0.0289. The summed E-state index contributed by atoms with van der Waals surface area (Å²) in [6, 6.07) is 14.2. The molecule has 158 valence electrons. The standard InChI is InChI=1S/C20H20Cl2N4O3S/c21-14-7-8-16(15(22)12-14)23-17(27)10-11-19(29)25-26-20(30)24-18(28)9-6-13-4-2-1-3-5-13/h1-5,7-8,12H,6,9-11H2,(H,23,27)(H,25,29)(H2,24,26,28,30). The quantitative estimate of drug-likeness (QED) is 0.370. The van der Waals surface area contributed by atoms with Crippen LogP contribution in [0.3, 0.4) is 0 Å². The Hall–Kier alpha value is -2.68. The number of amides is 3. The summed E-state index contributed by atoms with van der Waals surface area (Å²) in [7, 11) is 0. The highest BCUT2D eigenvalue weighted by Crippen LogP contribution is 2.25. The molecular formula is C20H20Cl2N4O3S. The molecule has 0 spiro atoms. The van der Waals surface area contributed by atoms with Crippen molar-refractivity contribution in [3.05, 3.63) is 64.1 Å². The molecule has 0 saturated carbocycles. The molecule has 0 aliphatic carbocycles. The van der Waals surface area contributed by atoms with E-state index in [1.54, 1.807) is 12.1 Å². The normalized spacial score (nSPS) is 10.1. The number of benzene rings is 2. The molecule has 3 amide bonds. The van der Waals surface area contributed by atoms with Gasteiger partial charge < -0.3 is 10.6 Å². The Kier molecular flexibility index (Phi) is 9.53. The average Bonchev–Trinajstić information content (AvgIpc) is 2.72. The van der Waals surface area contributed by atoms with Gasteiger partial charge in [0.2, 0.25) is 17.7 Å². The molecule has 4 N–H and O–H groups in total. The summed E-state index contributed by atoms with van der Waals surface area (Å²) in [4.78, 5) is 35.7. The highest BCUT2D eigenvalue weighted by atomic mass is 35.5. The van der Waals surface area contributed by atoms with Crippen molar-refractivity contribution in [2.45, 2.75) is 25.7 Å². The van der Waals surface area contributed by atoms with Crippen LogP contribution in [0.15, 0.2) is 48.5 Å². The molecule has 10 heteroatoms. The first kappa shape index (κ1) is 23.6. The van der Waals surface area contributed by atoms with Crippen molar-refractivity contribution in [1.29, 1.82) is 0 Å². The van der Waals surface area contributed by atoms with Gasteiger partial charge >= 0.3 is 0 Å². The number of hydrogen-bond acceptors (Lipinski definition) is 4. The van der Waals surface area contributed by atoms with E-state index in [4.69, 9.17) is 35.4 Å². The van der Waals surface area contributed by atoms with Gasteiger partial charge in [0.15, 0.2) is 5.11 Å². The molecule has 7 nitrogen and oxygen atoms in total. The summed E-state index contributed by atoms with van der Waals surface area (Å²) in [5.41, 5.74) is 6.21. The molecule has 2 aromatic rings. The Balaban J connectivity index is 1.63. The van der Waals surface area contributed by atoms with Gasteiger partial charge in [0.25, 0.3) is 0 Å². The lowest BCUT2D eigenvalue weighted by Crippen LogP contribution is -2.48. The number of rotatable bonds is 7. The minimum Gasteiger partial charge on any atom is -0.325 e. The Bertz CT molecular complexity index is 926. The van der Waals surface area contributed by atoms with Crippen molar-refractivity contribution >= 4 is 63.9 Å². The molecule has 0 bridgehead atoms. The SMILES string of the molecule is O=C(CCC(=O)Nc1ccc(Cl)cc1Cl)NNC(=S)NC(=O)CCc1ccccc1. The van der Waals surface area contributed by atoms with Gasteiger partial charge in [-0.3, -0.25) is 25.2 Å². The van der Waals surface area contributed by atoms with Crippen LogP contribution in [0.5, 0.6) is 0 Å². The van der Waals surface area contributed by atoms with Crippen LogP contribution >= 0.6 is 35.4 Å². The zero-order chi connectivity index (χ0) is 21.9. The lowest BCUT2D eigenvalue weighted by Gasteiger charge is -2.11. The Morgan fingerprint density at radius 1 is 0.833 bits per heavy atom. The van der Waals surface area contributed by atoms with Crippen LogP contribution in [0.4, 0.5) is 5.69 Å². The number of halogens is 2. The molecule has 0 atom stereocenters. The zero-order valence-electron chi connectivity index (χ0n) is 15.8. The number of hydrazine groups is 1. The van der Waals surface area contributed by atoms with E-state index in [-0.39, 0.29) is 36.2 Å².